The largest absolute Gasteiger partial charge is 0.480 e. The zero-order valence-electron chi connectivity index (χ0n) is 16.6. The average Bonchev–Trinajstić information content (AvgIpc) is 3.34. The van der Waals surface area contributed by atoms with Crippen LogP contribution in [0, 0.1) is 11.3 Å². The summed E-state index contributed by atoms with van der Waals surface area (Å²) in [5, 5.41) is 9.36. The minimum absolute atomic E-state index is 0.00668. The van der Waals surface area contributed by atoms with Crippen LogP contribution in [0.2, 0.25) is 0 Å². The van der Waals surface area contributed by atoms with E-state index < -0.39 is 12.0 Å². The van der Waals surface area contributed by atoms with Gasteiger partial charge in [0.2, 0.25) is 11.0 Å². The third-order valence-corrected chi connectivity index (χ3v) is 8.24. The molecule has 5 nitrogen and oxygen atoms in total. The van der Waals surface area contributed by atoms with Crippen LogP contribution >= 0.6 is 11.8 Å². The van der Waals surface area contributed by atoms with Gasteiger partial charge in [0.15, 0.2) is 0 Å². The van der Waals surface area contributed by atoms with Crippen molar-refractivity contribution in [2.24, 2.45) is 11.3 Å². The normalized spacial score (nSPS) is 26.4. The molecular weight excluding hydrogens is 374 g/mol. The SMILES string of the molecule is CCC1(CC)CCC(C(=O)N2CCC[C@H]2C(=O)O)C1SC(=O)c1ccccc1. The first-order valence-corrected chi connectivity index (χ1v) is 11.1. The third kappa shape index (κ3) is 3.84. The lowest BCUT2D eigenvalue weighted by atomic mass is 9.79. The minimum Gasteiger partial charge on any atom is -0.480 e. The second-order valence-corrected chi connectivity index (χ2v) is 9.05. The molecule has 1 heterocycles. The monoisotopic (exact) mass is 403 g/mol. The zero-order valence-corrected chi connectivity index (χ0v) is 17.4. The van der Waals surface area contributed by atoms with Gasteiger partial charge in [-0.25, -0.2) is 4.79 Å². The molecule has 0 bridgehead atoms. The van der Waals surface area contributed by atoms with Crippen LogP contribution in [0.25, 0.3) is 0 Å². The Morgan fingerprint density at radius 2 is 1.82 bits per heavy atom. The van der Waals surface area contributed by atoms with Crippen molar-refractivity contribution < 1.29 is 19.5 Å². The van der Waals surface area contributed by atoms with Crippen molar-refractivity contribution in [2.45, 2.75) is 63.7 Å². The van der Waals surface area contributed by atoms with Crippen molar-refractivity contribution in [3.05, 3.63) is 35.9 Å². The molecular formula is C22H29NO4S. The number of benzene rings is 1. The molecule has 3 rings (SSSR count). The number of carbonyl (C=O) groups excluding carboxylic acids is 2. The van der Waals surface area contributed by atoms with E-state index in [9.17, 15) is 19.5 Å². The number of thioether (sulfide) groups is 1. The summed E-state index contributed by atoms with van der Waals surface area (Å²) in [5.74, 6) is -1.30. The summed E-state index contributed by atoms with van der Waals surface area (Å²) in [7, 11) is 0. The predicted octanol–water partition coefficient (Wildman–Crippen LogP) is 4.22. The minimum atomic E-state index is -0.925. The maximum Gasteiger partial charge on any atom is 0.326 e. The molecule has 0 radical (unpaired) electrons. The molecule has 3 atom stereocenters. The molecule has 28 heavy (non-hydrogen) atoms. The van der Waals surface area contributed by atoms with Gasteiger partial charge in [0.25, 0.3) is 0 Å². The molecule has 1 saturated carbocycles. The van der Waals surface area contributed by atoms with Gasteiger partial charge in [-0.15, -0.1) is 0 Å². The van der Waals surface area contributed by atoms with Crippen LogP contribution in [-0.2, 0) is 9.59 Å². The molecule has 2 aliphatic rings. The van der Waals surface area contributed by atoms with Crippen molar-refractivity contribution in [3.63, 3.8) is 0 Å². The fraction of sp³-hybridized carbons (Fsp3) is 0.591. The number of carbonyl (C=O) groups is 3. The first-order valence-electron chi connectivity index (χ1n) is 10.2. The Bertz CT molecular complexity index is 731. The lowest BCUT2D eigenvalue weighted by molar-refractivity contribution is -0.149. The summed E-state index contributed by atoms with van der Waals surface area (Å²) in [4.78, 5) is 39.4. The van der Waals surface area contributed by atoms with Crippen molar-refractivity contribution >= 4 is 28.8 Å². The molecule has 1 saturated heterocycles. The number of nitrogens with zero attached hydrogens (tertiary/aromatic N) is 1. The Morgan fingerprint density at radius 1 is 1.14 bits per heavy atom. The van der Waals surface area contributed by atoms with Gasteiger partial charge < -0.3 is 10.0 Å². The highest BCUT2D eigenvalue weighted by Crippen LogP contribution is 2.54. The van der Waals surface area contributed by atoms with Gasteiger partial charge in [0.05, 0.1) is 5.92 Å². The van der Waals surface area contributed by atoms with E-state index in [2.05, 4.69) is 13.8 Å². The Balaban J connectivity index is 1.86. The average molecular weight is 404 g/mol. The first kappa shape index (κ1) is 20.9. The summed E-state index contributed by atoms with van der Waals surface area (Å²) < 4.78 is 0. The summed E-state index contributed by atoms with van der Waals surface area (Å²) in [5.41, 5.74) is 0.588. The molecule has 2 unspecified atom stereocenters. The molecule has 152 valence electrons. The van der Waals surface area contributed by atoms with Crippen LogP contribution < -0.4 is 0 Å². The molecule has 0 spiro atoms. The van der Waals surface area contributed by atoms with Gasteiger partial charge in [-0.3, -0.25) is 9.59 Å². The molecule has 0 aromatic heterocycles. The molecule has 2 fully saturated rings. The first-order chi connectivity index (χ1) is 13.4. The Kier molecular flexibility index (Phi) is 6.48. The highest BCUT2D eigenvalue weighted by Gasteiger charge is 2.52. The smallest absolute Gasteiger partial charge is 0.326 e. The van der Waals surface area contributed by atoms with Gasteiger partial charge in [-0.2, -0.15) is 0 Å². The lowest BCUT2D eigenvalue weighted by Crippen LogP contribution is -2.46. The Morgan fingerprint density at radius 3 is 2.43 bits per heavy atom. The molecule has 1 aliphatic carbocycles. The third-order valence-electron chi connectivity index (χ3n) is 6.71. The zero-order chi connectivity index (χ0) is 20.3. The van der Waals surface area contributed by atoms with Gasteiger partial charge >= 0.3 is 5.97 Å². The summed E-state index contributed by atoms with van der Waals surface area (Å²) in [6.07, 6.45) is 4.69. The summed E-state index contributed by atoms with van der Waals surface area (Å²) >= 11 is 1.29. The van der Waals surface area contributed by atoms with E-state index in [-0.39, 0.29) is 27.6 Å². The van der Waals surface area contributed by atoms with Crippen LogP contribution in [0.15, 0.2) is 30.3 Å². The fourth-order valence-electron chi connectivity index (χ4n) is 4.89. The molecule has 1 N–H and O–H groups in total. The number of carboxylic acids is 1. The number of hydrogen-bond donors (Lipinski definition) is 1. The summed E-state index contributed by atoms with van der Waals surface area (Å²) in [6.45, 7) is 4.77. The number of amides is 1. The highest BCUT2D eigenvalue weighted by atomic mass is 32.2. The van der Waals surface area contributed by atoms with Crippen LogP contribution in [-0.4, -0.2) is 44.8 Å². The quantitative estimate of drug-likeness (QED) is 0.770. The van der Waals surface area contributed by atoms with E-state index in [4.69, 9.17) is 0 Å². The van der Waals surface area contributed by atoms with E-state index >= 15 is 0 Å². The van der Waals surface area contributed by atoms with Crippen LogP contribution in [0.1, 0.15) is 62.7 Å². The number of carboxylic acid groups (broad SMARTS) is 1. The second-order valence-electron chi connectivity index (χ2n) is 7.93. The number of likely N-dealkylation sites (tertiary alicyclic amines) is 1. The lowest BCUT2D eigenvalue weighted by Gasteiger charge is -2.36. The topological polar surface area (TPSA) is 74.7 Å². The molecule has 1 amide bonds. The fourth-order valence-corrected chi connectivity index (χ4v) is 6.51. The van der Waals surface area contributed by atoms with Crippen molar-refractivity contribution in [1.82, 2.24) is 4.90 Å². The highest BCUT2D eigenvalue weighted by molar-refractivity contribution is 8.14. The summed E-state index contributed by atoms with van der Waals surface area (Å²) in [6, 6.07) is 8.47. The Hall–Kier alpha value is -1.82. The Labute approximate surface area is 170 Å². The standard InChI is InChI=1S/C22H29NO4S/c1-3-22(4-2)13-12-16(19(24)23-14-8-11-17(23)20(25)26)18(22)28-21(27)15-9-6-5-7-10-15/h5-7,9-10,16-18H,3-4,8,11-14H2,1-2H3,(H,25,26)/t16?,17-,18?/m0/s1. The van der Waals surface area contributed by atoms with Crippen molar-refractivity contribution in [2.75, 3.05) is 6.54 Å². The van der Waals surface area contributed by atoms with Crippen molar-refractivity contribution in [3.8, 4) is 0 Å². The van der Waals surface area contributed by atoms with E-state index in [0.717, 1.165) is 32.1 Å². The van der Waals surface area contributed by atoms with E-state index in [1.807, 2.05) is 30.3 Å². The van der Waals surface area contributed by atoms with Gasteiger partial charge in [-0.1, -0.05) is 55.9 Å². The van der Waals surface area contributed by atoms with E-state index in [0.29, 0.717) is 18.5 Å². The predicted molar refractivity (Wildman–Crippen MR) is 110 cm³/mol. The number of aliphatic carboxylic acids is 1. The number of hydrogen-bond acceptors (Lipinski definition) is 4. The molecule has 1 aliphatic heterocycles. The molecule has 6 heteroatoms. The van der Waals surface area contributed by atoms with Crippen LogP contribution in [0.5, 0.6) is 0 Å². The van der Waals surface area contributed by atoms with E-state index in [1.165, 1.54) is 11.8 Å². The van der Waals surface area contributed by atoms with Gasteiger partial charge in [0, 0.05) is 17.4 Å². The van der Waals surface area contributed by atoms with Gasteiger partial charge in [0.1, 0.15) is 6.04 Å². The van der Waals surface area contributed by atoms with Crippen LogP contribution in [0.3, 0.4) is 0 Å². The van der Waals surface area contributed by atoms with Gasteiger partial charge in [-0.05, 0) is 43.9 Å². The van der Waals surface area contributed by atoms with E-state index in [1.54, 1.807) is 4.90 Å². The van der Waals surface area contributed by atoms with Crippen molar-refractivity contribution in [1.29, 1.82) is 0 Å². The molecule has 1 aromatic carbocycles. The number of rotatable bonds is 6. The molecule has 1 aromatic rings. The second kappa shape index (κ2) is 8.68. The maximum atomic E-state index is 13.3. The maximum absolute atomic E-state index is 13.3. The van der Waals surface area contributed by atoms with Crippen LogP contribution in [0.4, 0.5) is 0 Å².